The van der Waals surface area contributed by atoms with E-state index in [1.54, 1.807) is 52.9 Å². The van der Waals surface area contributed by atoms with Crippen LogP contribution in [-0.2, 0) is 38.2 Å². The Bertz CT molecular complexity index is 4170. The number of rotatable bonds is 12. The Kier molecular flexibility index (Phi) is 28.9. The second kappa shape index (κ2) is 35.5. The number of methoxy groups -OCH3 is 3. The van der Waals surface area contributed by atoms with Crippen molar-refractivity contribution in [3.63, 3.8) is 0 Å². The van der Waals surface area contributed by atoms with Gasteiger partial charge in [-0.1, -0.05) is 70.7 Å². The van der Waals surface area contributed by atoms with Crippen LogP contribution in [-0.4, -0.2) is 153 Å². The zero-order valence-electron chi connectivity index (χ0n) is 62.4. The quantitative estimate of drug-likeness (QED) is 0.0582. The molecule has 0 bridgehead atoms. The molecule has 3 saturated heterocycles. The van der Waals surface area contributed by atoms with Gasteiger partial charge in [0.2, 0.25) is 29.5 Å². The van der Waals surface area contributed by atoms with E-state index < -0.39 is 30.0 Å². The molecule has 2 N–H and O–H groups in total. The first-order valence-corrected chi connectivity index (χ1v) is 37.9. The van der Waals surface area contributed by atoms with Crippen LogP contribution in [0.3, 0.4) is 0 Å². The third-order valence-corrected chi connectivity index (χ3v) is 21.5. The summed E-state index contributed by atoms with van der Waals surface area (Å²) in [7, 11) is 9.27. The van der Waals surface area contributed by atoms with E-state index in [-0.39, 0.29) is 79.9 Å². The van der Waals surface area contributed by atoms with Crippen LogP contribution in [0.15, 0.2) is 52.0 Å². The molecular formula is C78H97BrN6O13S4. The lowest BCUT2D eigenvalue weighted by atomic mass is 9.88. The predicted octanol–water partition coefficient (Wildman–Crippen LogP) is 14.7. The summed E-state index contributed by atoms with van der Waals surface area (Å²) in [5.74, 6) is 21.5. The maximum atomic E-state index is 13.8. The number of thiophene rings is 4. The highest BCUT2D eigenvalue weighted by Crippen LogP contribution is 2.40. The molecule has 5 atom stereocenters. The molecule has 102 heavy (non-hydrogen) atoms. The molecule has 0 radical (unpaired) electrons. The van der Waals surface area contributed by atoms with Gasteiger partial charge in [0.1, 0.15) is 37.6 Å². The van der Waals surface area contributed by atoms with Crippen molar-refractivity contribution >= 4 is 132 Å². The summed E-state index contributed by atoms with van der Waals surface area (Å²) in [6, 6.07) is 5.49. The van der Waals surface area contributed by atoms with Crippen molar-refractivity contribution in [3.8, 4) is 47.4 Å². The molecule has 19 nitrogen and oxygen atoms in total. The number of nitrogens with one attached hydrogen (secondary N) is 1. The van der Waals surface area contributed by atoms with Crippen LogP contribution in [0, 0.1) is 80.9 Å². The topological polar surface area (TPSA) is 230 Å². The van der Waals surface area contributed by atoms with E-state index in [0.717, 1.165) is 51.2 Å². The molecule has 0 saturated carbocycles. The first-order valence-electron chi connectivity index (χ1n) is 33.8. The first-order chi connectivity index (χ1) is 47.5. The van der Waals surface area contributed by atoms with Crippen molar-refractivity contribution in [1.29, 1.82) is 0 Å². The fourth-order valence-corrected chi connectivity index (χ4v) is 15.2. The number of hydrogen-bond donors (Lipinski definition) is 2. The highest BCUT2D eigenvalue weighted by atomic mass is 79.9. The lowest BCUT2D eigenvalue weighted by molar-refractivity contribution is -0.131. The Balaban J connectivity index is 0.000000220. The fourth-order valence-electron chi connectivity index (χ4n) is 11.0. The SMILES string of the molecule is CC1=CCC(C(=O)N(c2cc(C#CC(C)(C)C)sc2C(=O)O)[C@H]2CCN(C)C2=O)CC1.COC(=O)c1sc(C#CC(C)(C)C)cc1Br.COC(=O)c1sc(C#CC(C)(C)C)cc1N(C(=O)C1CC=C(C)CC1)[C@H]1CCN(C)C1=O.COC(=O)c1sc(C#CC(C)(C)C)cc1N[C@H]1CCN(C)C1=O. The Morgan fingerprint density at radius 1 is 0.500 bits per heavy atom. The molecule has 3 aliphatic heterocycles. The average molecular weight is 1530 g/mol. The number of hydrogen-bond acceptors (Lipinski definition) is 17. The number of anilines is 3. The van der Waals surface area contributed by atoms with Crippen LogP contribution in [0.5, 0.6) is 0 Å². The third kappa shape index (κ3) is 23.3. The van der Waals surface area contributed by atoms with Crippen LogP contribution in [0.25, 0.3) is 0 Å². The summed E-state index contributed by atoms with van der Waals surface area (Å²) in [5.41, 5.74) is 3.28. The van der Waals surface area contributed by atoms with E-state index in [1.165, 1.54) is 71.4 Å². The molecule has 9 rings (SSSR count). The molecule has 4 aromatic heterocycles. The van der Waals surface area contributed by atoms with E-state index in [9.17, 15) is 48.3 Å². The van der Waals surface area contributed by atoms with Crippen LogP contribution < -0.4 is 15.1 Å². The van der Waals surface area contributed by atoms with E-state index >= 15 is 0 Å². The molecule has 0 spiro atoms. The van der Waals surface area contributed by atoms with Crippen LogP contribution in [0.1, 0.15) is 213 Å². The third-order valence-electron chi connectivity index (χ3n) is 16.5. The first kappa shape index (κ1) is 83.0. The Hall–Kier alpha value is -7.97. The molecule has 0 aromatic carbocycles. The zero-order valence-corrected chi connectivity index (χ0v) is 67.3. The molecule has 3 fully saturated rings. The Labute approximate surface area is 626 Å². The van der Waals surface area contributed by atoms with Crippen molar-refractivity contribution < 1.29 is 62.5 Å². The van der Waals surface area contributed by atoms with Gasteiger partial charge in [0.15, 0.2) is 0 Å². The number of carbonyl (C=O) groups excluding carboxylic acids is 8. The number of allylic oxidation sites excluding steroid dienone is 4. The van der Waals surface area contributed by atoms with Crippen molar-refractivity contribution in [3.05, 3.63) is 91.1 Å². The van der Waals surface area contributed by atoms with Gasteiger partial charge in [0.05, 0.1) is 57.9 Å². The molecule has 2 unspecified atom stereocenters. The molecular weight excluding hydrogens is 1440 g/mol. The lowest BCUT2D eigenvalue weighted by Crippen LogP contribution is -2.48. The number of halogens is 1. The van der Waals surface area contributed by atoms with E-state index in [2.05, 4.69) is 99.3 Å². The van der Waals surface area contributed by atoms with Gasteiger partial charge in [0, 0.05) is 78.7 Å². The van der Waals surface area contributed by atoms with Crippen LogP contribution >= 0.6 is 61.3 Å². The summed E-state index contributed by atoms with van der Waals surface area (Å²) in [5, 5.41) is 13.0. The number of amides is 5. The van der Waals surface area contributed by atoms with Crippen LogP contribution in [0.4, 0.5) is 17.1 Å². The minimum atomic E-state index is -1.11. The summed E-state index contributed by atoms with van der Waals surface area (Å²) >= 11 is 8.21. The normalized spacial score (nSPS) is 18.7. The summed E-state index contributed by atoms with van der Waals surface area (Å²) < 4.78 is 15.3. The van der Waals surface area contributed by atoms with Gasteiger partial charge in [-0.25, -0.2) is 19.2 Å². The number of carboxylic acids is 1. The van der Waals surface area contributed by atoms with E-state index in [1.807, 2.05) is 95.2 Å². The Morgan fingerprint density at radius 2 is 0.843 bits per heavy atom. The summed E-state index contributed by atoms with van der Waals surface area (Å²) in [6.07, 6.45) is 10.3. The second-order valence-corrected chi connectivity index (χ2v) is 35.0. The number of ether oxygens (including phenoxy) is 3. The molecule has 24 heteroatoms. The lowest BCUT2D eigenvalue weighted by Gasteiger charge is -2.32. The van der Waals surface area contributed by atoms with E-state index in [0.29, 0.717) is 93.2 Å². The van der Waals surface area contributed by atoms with Gasteiger partial charge in [-0.15, -0.1) is 45.3 Å². The van der Waals surface area contributed by atoms with Gasteiger partial charge in [-0.05, 0) is 195 Å². The maximum absolute atomic E-state index is 13.8. The number of likely N-dealkylation sites (N-methyl/N-ethyl adjacent to an activating group) is 3. The van der Waals surface area contributed by atoms with Crippen LogP contribution in [0.2, 0.25) is 0 Å². The average Bonchev–Trinajstić information content (AvgIpc) is 1.61. The number of esters is 3. The summed E-state index contributed by atoms with van der Waals surface area (Å²) in [6.45, 7) is 30.1. The zero-order chi connectivity index (χ0) is 76.1. The Morgan fingerprint density at radius 3 is 1.20 bits per heavy atom. The van der Waals surface area contributed by atoms with E-state index in [4.69, 9.17) is 9.47 Å². The molecule has 4 aromatic rings. The minimum Gasteiger partial charge on any atom is -0.477 e. The number of aromatic carboxylic acids is 1. The molecule has 2 aliphatic carbocycles. The summed E-state index contributed by atoms with van der Waals surface area (Å²) in [4.78, 5) is 126. The predicted molar refractivity (Wildman–Crippen MR) is 410 cm³/mol. The van der Waals surface area contributed by atoms with Gasteiger partial charge < -0.3 is 39.3 Å². The smallest absolute Gasteiger partial charge is 0.350 e. The van der Waals surface area contributed by atoms with Gasteiger partial charge in [0.25, 0.3) is 0 Å². The van der Waals surface area contributed by atoms with Gasteiger partial charge in [-0.2, -0.15) is 0 Å². The molecule has 5 amide bonds. The minimum absolute atomic E-state index is 0.0364. The standard InChI is InChI=1S/C25H32N2O4S.C24H30N2O4S.C17H22N2O3S.C12H13BrO2S/c1-16-7-9-17(10-8-16)22(28)27(19-12-14-26(5)23(19)29)20-15-18(11-13-25(2,3)4)32-21(20)24(30)31-6;1-15-6-8-16(9-7-15)21(27)26(18-11-13-25(5)22(18)28)19-14-17(10-12-24(2,3)4)31-20(19)23(29)30;1-17(2,3)8-6-11-10-13(14(23-11)16(21)22-5)18-12-7-9-19(4)15(12)20;1-12(2,3)6-5-8-7-9(13)10(16-8)11(14)15-4/h7,15,17,19H,8-10,12,14H2,1-6H3;6,14,16,18H,7-9,11,13H2,1-5H3,(H,29,30);10,12,18H,7,9H2,1-5H3;7H,1-4H3/t17?,19-;16?,18-;12-;/m000./s1. The number of carboxylic acid groups (broad SMARTS) is 1. The monoisotopic (exact) mass is 1530 g/mol. The molecule has 7 heterocycles. The van der Waals surface area contributed by atoms with Crippen molar-refractivity contribution in [2.24, 2.45) is 33.5 Å². The highest BCUT2D eigenvalue weighted by Gasteiger charge is 2.44. The second-order valence-electron chi connectivity index (χ2n) is 29.9. The fraction of sp³-hybridized carbons (Fsp3) is 0.526. The van der Waals surface area contributed by atoms with Crippen molar-refractivity contribution in [2.45, 2.75) is 173 Å². The number of likely N-dealkylation sites (tertiary alicyclic amines) is 3. The van der Waals surface area contributed by atoms with Gasteiger partial charge >= 0.3 is 23.9 Å². The number of carbonyl (C=O) groups is 9. The van der Waals surface area contributed by atoms with Crippen molar-refractivity contribution in [1.82, 2.24) is 14.7 Å². The van der Waals surface area contributed by atoms with Crippen molar-refractivity contribution in [2.75, 3.05) is 77.2 Å². The largest absolute Gasteiger partial charge is 0.477 e. The maximum Gasteiger partial charge on any atom is 0.350 e. The molecule has 5 aliphatic rings. The number of nitrogens with zero attached hydrogens (tertiary/aromatic N) is 5. The highest BCUT2D eigenvalue weighted by molar-refractivity contribution is 9.10. The van der Waals surface area contributed by atoms with Gasteiger partial charge in [-0.3, -0.25) is 33.8 Å². The molecule has 548 valence electrons.